The van der Waals surface area contributed by atoms with Crippen molar-refractivity contribution < 1.29 is 9.68 Å². The molecule has 0 saturated carbocycles. The minimum absolute atomic E-state index is 0.488. The maximum absolute atomic E-state index is 10.7. The van der Waals surface area contributed by atoms with Crippen molar-refractivity contribution in [3.8, 4) is 16.3 Å². The lowest BCUT2D eigenvalue weighted by atomic mass is 9.75. The molecule has 1 aromatic heterocycles. The smallest absolute Gasteiger partial charge is 0.510 e. The number of aromatic nitrogens is 1. The Balaban J connectivity index is 1.50. The maximum Gasteiger partial charge on any atom is 0.561 e. The van der Waals surface area contributed by atoms with Crippen LogP contribution in [-0.4, -0.2) is 17.1 Å². The first-order valence-corrected chi connectivity index (χ1v) is 9.01. The Morgan fingerprint density at radius 3 is 2.64 bits per heavy atom. The highest BCUT2D eigenvalue weighted by Gasteiger charge is 2.29. The van der Waals surface area contributed by atoms with E-state index >= 15 is 0 Å². The normalized spacial score (nSPS) is 12.0. The molecule has 25 heavy (non-hydrogen) atoms. The highest BCUT2D eigenvalue weighted by atomic mass is 32.1. The van der Waals surface area contributed by atoms with Gasteiger partial charge in [-0.05, 0) is 40.8 Å². The molecule has 1 N–H and O–H groups in total. The van der Waals surface area contributed by atoms with Crippen LogP contribution in [0, 0.1) is 0 Å². The molecule has 1 aliphatic rings. The SMILES string of the molecule is OB(Oc1nc2ccccc2s1)c1cccc2c1Cc1ccccc1-2. The van der Waals surface area contributed by atoms with Gasteiger partial charge in [-0.15, -0.1) is 0 Å². The van der Waals surface area contributed by atoms with E-state index in [1.54, 1.807) is 0 Å². The average Bonchev–Trinajstić information content (AvgIpc) is 3.21. The van der Waals surface area contributed by atoms with E-state index in [-0.39, 0.29) is 0 Å². The summed E-state index contributed by atoms with van der Waals surface area (Å²) in [6.07, 6.45) is 0.821. The van der Waals surface area contributed by atoms with Crippen molar-refractivity contribution in [2.75, 3.05) is 0 Å². The minimum atomic E-state index is -1.02. The van der Waals surface area contributed by atoms with Crippen LogP contribution in [0.3, 0.4) is 0 Å². The third kappa shape index (κ3) is 2.44. The van der Waals surface area contributed by atoms with Gasteiger partial charge in [0, 0.05) is 5.46 Å². The summed E-state index contributed by atoms with van der Waals surface area (Å²) >= 11 is 1.45. The largest absolute Gasteiger partial charge is 0.561 e. The fourth-order valence-electron chi connectivity index (χ4n) is 3.47. The number of fused-ring (bicyclic) bond motifs is 4. The molecule has 0 bridgehead atoms. The fraction of sp³-hybridized carbons (Fsp3) is 0.0500. The van der Waals surface area contributed by atoms with Gasteiger partial charge < -0.3 is 9.68 Å². The van der Waals surface area contributed by atoms with Gasteiger partial charge in [-0.2, -0.15) is 0 Å². The van der Waals surface area contributed by atoms with E-state index in [9.17, 15) is 5.02 Å². The van der Waals surface area contributed by atoms with Crippen LogP contribution >= 0.6 is 11.3 Å². The van der Waals surface area contributed by atoms with E-state index in [1.165, 1.54) is 28.0 Å². The molecule has 5 heteroatoms. The van der Waals surface area contributed by atoms with Gasteiger partial charge in [0.05, 0.1) is 10.2 Å². The Morgan fingerprint density at radius 2 is 1.72 bits per heavy atom. The molecule has 0 fully saturated rings. The molecule has 0 radical (unpaired) electrons. The first-order valence-electron chi connectivity index (χ1n) is 8.20. The molecule has 3 aromatic carbocycles. The predicted molar refractivity (Wildman–Crippen MR) is 103 cm³/mol. The van der Waals surface area contributed by atoms with Crippen molar-refractivity contribution in [2.45, 2.75) is 6.42 Å². The van der Waals surface area contributed by atoms with E-state index in [4.69, 9.17) is 4.65 Å². The zero-order chi connectivity index (χ0) is 16.8. The Hall–Kier alpha value is -2.63. The second-order valence-corrected chi connectivity index (χ2v) is 7.12. The summed E-state index contributed by atoms with van der Waals surface area (Å²) in [5.41, 5.74) is 6.55. The Kier molecular flexibility index (Phi) is 3.36. The first kappa shape index (κ1) is 14.7. The number of rotatable bonds is 3. The molecule has 120 valence electrons. The van der Waals surface area contributed by atoms with Gasteiger partial charge >= 0.3 is 7.12 Å². The van der Waals surface area contributed by atoms with Gasteiger partial charge in [-0.1, -0.05) is 65.9 Å². The van der Waals surface area contributed by atoms with Crippen LogP contribution in [0.2, 0.25) is 0 Å². The quantitative estimate of drug-likeness (QED) is 0.509. The molecule has 5 rings (SSSR count). The zero-order valence-corrected chi connectivity index (χ0v) is 14.2. The molecule has 3 nitrogen and oxygen atoms in total. The predicted octanol–water partition coefficient (Wildman–Crippen LogP) is 3.63. The number of thiazole rings is 1. The van der Waals surface area contributed by atoms with Crippen molar-refractivity contribution in [1.29, 1.82) is 0 Å². The van der Waals surface area contributed by atoms with Crippen LogP contribution < -0.4 is 10.1 Å². The van der Waals surface area contributed by atoms with Gasteiger partial charge in [0.2, 0.25) is 0 Å². The average molecular weight is 343 g/mol. The summed E-state index contributed by atoms with van der Waals surface area (Å²) in [5, 5.41) is 11.2. The molecular weight excluding hydrogens is 329 g/mol. The van der Waals surface area contributed by atoms with E-state index in [0.717, 1.165) is 27.7 Å². The van der Waals surface area contributed by atoms with E-state index in [0.29, 0.717) is 5.19 Å². The van der Waals surface area contributed by atoms with Crippen LogP contribution in [0.1, 0.15) is 11.1 Å². The summed E-state index contributed by atoms with van der Waals surface area (Å²) in [6.45, 7) is 0. The van der Waals surface area contributed by atoms with Gasteiger partial charge in [-0.3, -0.25) is 0 Å². The lowest BCUT2D eigenvalue weighted by Crippen LogP contribution is -2.38. The minimum Gasteiger partial charge on any atom is -0.510 e. The second kappa shape index (κ2) is 5.72. The molecule has 0 atom stereocenters. The van der Waals surface area contributed by atoms with Crippen molar-refractivity contribution in [3.05, 3.63) is 77.9 Å². The van der Waals surface area contributed by atoms with Crippen LogP contribution in [0.4, 0.5) is 0 Å². The Bertz CT molecular complexity index is 1060. The third-order valence-corrected chi connectivity index (χ3v) is 5.57. The number of hydrogen-bond donors (Lipinski definition) is 1. The molecular formula is C20H14BNO2S. The summed E-state index contributed by atoms with van der Waals surface area (Å²) in [5.74, 6) is 0. The highest BCUT2D eigenvalue weighted by molar-refractivity contribution is 7.20. The lowest BCUT2D eigenvalue weighted by molar-refractivity contribution is 0.431. The molecule has 0 saturated heterocycles. The fourth-order valence-corrected chi connectivity index (χ4v) is 4.31. The van der Waals surface area contributed by atoms with Crippen LogP contribution in [0.5, 0.6) is 5.19 Å². The summed E-state index contributed by atoms with van der Waals surface area (Å²) < 4.78 is 6.82. The van der Waals surface area contributed by atoms with Gasteiger partial charge in [0.25, 0.3) is 5.19 Å². The topological polar surface area (TPSA) is 42.4 Å². The molecule has 0 spiro atoms. The van der Waals surface area contributed by atoms with Crippen molar-refractivity contribution in [1.82, 2.24) is 4.98 Å². The highest BCUT2D eigenvalue weighted by Crippen LogP contribution is 2.35. The monoisotopic (exact) mass is 343 g/mol. The van der Waals surface area contributed by atoms with Crippen molar-refractivity contribution in [2.24, 2.45) is 0 Å². The molecule has 0 amide bonds. The molecule has 0 unspecified atom stereocenters. The van der Waals surface area contributed by atoms with E-state index < -0.39 is 7.12 Å². The van der Waals surface area contributed by atoms with Gasteiger partial charge in [0.15, 0.2) is 0 Å². The lowest BCUT2D eigenvalue weighted by Gasteiger charge is -2.11. The number of hydrogen-bond acceptors (Lipinski definition) is 4. The second-order valence-electron chi connectivity index (χ2n) is 6.12. The number of para-hydroxylation sites is 1. The summed E-state index contributed by atoms with van der Waals surface area (Å²) in [4.78, 5) is 4.45. The summed E-state index contributed by atoms with van der Waals surface area (Å²) in [6, 6.07) is 22.3. The van der Waals surface area contributed by atoms with Crippen LogP contribution in [0.15, 0.2) is 66.7 Å². The Labute approximate surface area is 149 Å². The van der Waals surface area contributed by atoms with Crippen molar-refractivity contribution >= 4 is 34.1 Å². The number of benzene rings is 3. The maximum atomic E-state index is 10.7. The van der Waals surface area contributed by atoms with E-state index in [2.05, 4.69) is 35.3 Å². The molecule has 1 aliphatic carbocycles. The molecule has 4 aromatic rings. The molecule has 1 heterocycles. The van der Waals surface area contributed by atoms with Crippen LogP contribution in [0.25, 0.3) is 21.3 Å². The zero-order valence-electron chi connectivity index (χ0n) is 13.3. The summed E-state index contributed by atoms with van der Waals surface area (Å²) in [7, 11) is -1.02. The van der Waals surface area contributed by atoms with Gasteiger partial charge in [-0.25, -0.2) is 4.98 Å². The van der Waals surface area contributed by atoms with Gasteiger partial charge in [0.1, 0.15) is 0 Å². The van der Waals surface area contributed by atoms with Crippen molar-refractivity contribution in [3.63, 3.8) is 0 Å². The third-order valence-electron chi connectivity index (χ3n) is 4.64. The molecule has 0 aliphatic heterocycles. The van der Waals surface area contributed by atoms with Crippen LogP contribution in [-0.2, 0) is 6.42 Å². The Morgan fingerprint density at radius 1 is 0.920 bits per heavy atom. The number of nitrogens with zero attached hydrogens (tertiary/aromatic N) is 1. The standard InChI is InChI=1S/C20H14BNO2S/c23-21(24-20-22-18-10-3-4-11-19(18)25-20)17-9-5-8-15-14-7-2-1-6-13(14)12-16(15)17/h1-11,23H,12H2. The first-order chi connectivity index (χ1) is 12.3. The van der Waals surface area contributed by atoms with E-state index in [1.807, 2.05) is 36.4 Å².